The molecule has 3 nitrogen and oxygen atoms in total. The number of anilines is 1. The van der Waals surface area contributed by atoms with Gasteiger partial charge in [0, 0.05) is 22.2 Å². The summed E-state index contributed by atoms with van der Waals surface area (Å²) in [7, 11) is 0. The van der Waals surface area contributed by atoms with E-state index < -0.39 is 0 Å². The van der Waals surface area contributed by atoms with Crippen molar-refractivity contribution in [1.29, 1.82) is 0 Å². The van der Waals surface area contributed by atoms with Crippen LogP contribution in [0.5, 0.6) is 0 Å². The normalized spacial score (nSPS) is 11.7. The van der Waals surface area contributed by atoms with Crippen LogP contribution in [0.1, 0.15) is 18.7 Å². The summed E-state index contributed by atoms with van der Waals surface area (Å²) in [5.74, 6) is 0. The SMILES string of the molecule is CC(C)(CNc1cnnc2ccccc12)c1cccs1. The molecule has 102 valence electrons. The Morgan fingerprint density at radius 3 is 2.80 bits per heavy atom. The number of benzene rings is 1. The lowest BCUT2D eigenvalue weighted by Crippen LogP contribution is -2.26. The van der Waals surface area contributed by atoms with Crippen molar-refractivity contribution in [3.63, 3.8) is 0 Å². The first kappa shape index (κ1) is 13.1. The first-order chi connectivity index (χ1) is 9.67. The monoisotopic (exact) mass is 283 g/mol. The van der Waals surface area contributed by atoms with Gasteiger partial charge in [0.2, 0.25) is 0 Å². The van der Waals surface area contributed by atoms with Gasteiger partial charge in [-0.25, -0.2) is 0 Å². The summed E-state index contributed by atoms with van der Waals surface area (Å²) in [4.78, 5) is 1.39. The molecule has 20 heavy (non-hydrogen) atoms. The summed E-state index contributed by atoms with van der Waals surface area (Å²) < 4.78 is 0. The predicted octanol–water partition coefficient (Wildman–Crippen LogP) is 4.08. The second-order valence-corrected chi connectivity index (χ2v) is 6.44. The lowest BCUT2D eigenvalue weighted by atomic mass is 9.91. The number of thiophene rings is 1. The van der Waals surface area contributed by atoms with Crippen molar-refractivity contribution in [2.24, 2.45) is 0 Å². The molecule has 0 aliphatic carbocycles. The van der Waals surface area contributed by atoms with Crippen LogP contribution in [0.4, 0.5) is 5.69 Å². The van der Waals surface area contributed by atoms with Crippen molar-refractivity contribution < 1.29 is 0 Å². The predicted molar refractivity (Wildman–Crippen MR) is 85.4 cm³/mol. The van der Waals surface area contributed by atoms with Crippen molar-refractivity contribution in [1.82, 2.24) is 10.2 Å². The molecular weight excluding hydrogens is 266 g/mol. The minimum atomic E-state index is 0.0958. The summed E-state index contributed by atoms with van der Waals surface area (Å²) in [6.45, 7) is 5.37. The van der Waals surface area contributed by atoms with Gasteiger partial charge in [0.25, 0.3) is 0 Å². The standard InChI is InChI=1S/C16H17N3S/c1-16(2,15-8-5-9-20-15)11-17-14-10-18-19-13-7-4-3-6-12(13)14/h3-10H,11H2,1-2H3,(H,17,19). The quantitative estimate of drug-likeness (QED) is 0.784. The summed E-state index contributed by atoms with van der Waals surface area (Å²) in [5, 5.41) is 15.0. The first-order valence-corrected chi connectivity index (χ1v) is 7.53. The van der Waals surface area contributed by atoms with Crippen molar-refractivity contribution >= 4 is 27.9 Å². The van der Waals surface area contributed by atoms with E-state index >= 15 is 0 Å². The van der Waals surface area contributed by atoms with E-state index in [1.807, 2.05) is 18.2 Å². The van der Waals surface area contributed by atoms with Crippen molar-refractivity contribution in [3.05, 3.63) is 52.9 Å². The first-order valence-electron chi connectivity index (χ1n) is 6.65. The van der Waals surface area contributed by atoms with Crippen LogP contribution < -0.4 is 5.32 Å². The van der Waals surface area contributed by atoms with Crippen molar-refractivity contribution in [2.75, 3.05) is 11.9 Å². The zero-order valence-electron chi connectivity index (χ0n) is 11.6. The third-order valence-electron chi connectivity index (χ3n) is 3.46. The Morgan fingerprint density at radius 1 is 1.15 bits per heavy atom. The van der Waals surface area contributed by atoms with Crippen LogP contribution in [0, 0.1) is 0 Å². The molecule has 3 rings (SSSR count). The molecule has 0 saturated carbocycles. The third kappa shape index (κ3) is 2.51. The number of hydrogen-bond donors (Lipinski definition) is 1. The molecule has 0 bridgehead atoms. The molecule has 2 aromatic heterocycles. The minimum Gasteiger partial charge on any atom is -0.382 e. The maximum atomic E-state index is 4.15. The molecule has 0 aliphatic rings. The fourth-order valence-electron chi connectivity index (χ4n) is 2.21. The van der Waals surface area contributed by atoms with E-state index in [4.69, 9.17) is 0 Å². The van der Waals surface area contributed by atoms with E-state index in [1.165, 1.54) is 4.88 Å². The zero-order chi connectivity index (χ0) is 14.0. The summed E-state index contributed by atoms with van der Waals surface area (Å²) >= 11 is 1.80. The Bertz CT molecular complexity index is 699. The minimum absolute atomic E-state index is 0.0958. The van der Waals surface area contributed by atoms with Crippen LogP contribution in [-0.4, -0.2) is 16.7 Å². The van der Waals surface area contributed by atoms with Crippen LogP contribution in [0.15, 0.2) is 48.0 Å². The van der Waals surface area contributed by atoms with Gasteiger partial charge in [0.15, 0.2) is 0 Å². The van der Waals surface area contributed by atoms with Crippen LogP contribution >= 0.6 is 11.3 Å². The van der Waals surface area contributed by atoms with Gasteiger partial charge in [-0.15, -0.1) is 11.3 Å². The Hall–Kier alpha value is -1.94. The van der Waals surface area contributed by atoms with Gasteiger partial charge in [0.05, 0.1) is 17.4 Å². The largest absolute Gasteiger partial charge is 0.382 e. The fraction of sp³-hybridized carbons (Fsp3) is 0.250. The molecule has 1 aromatic carbocycles. The number of nitrogens with one attached hydrogen (secondary N) is 1. The average Bonchev–Trinajstić information content (AvgIpc) is 3.00. The molecule has 0 aliphatic heterocycles. The fourth-order valence-corrected chi connectivity index (χ4v) is 3.07. The Morgan fingerprint density at radius 2 is 2.00 bits per heavy atom. The second kappa shape index (κ2) is 5.21. The average molecular weight is 283 g/mol. The van der Waals surface area contributed by atoms with E-state index in [9.17, 15) is 0 Å². The molecule has 0 spiro atoms. The molecule has 4 heteroatoms. The van der Waals surface area contributed by atoms with Gasteiger partial charge in [-0.05, 0) is 17.5 Å². The topological polar surface area (TPSA) is 37.8 Å². The number of hydrogen-bond acceptors (Lipinski definition) is 4. The maximum absolute atomic E-state index is 4.15. The number of nitrogens with zero attached hydrogens (tertiary/aromatic N) is 2. The molecule has 0 radical (unpaired) electrons. The van der Waals surface area contributed by atoms with Crippen LogP contribution in [0.3, 0.4) is 0 Å². The van der Waals surface area contributed by atoms with Gasteiger partial charge in [0.1, 0.15) is 0 Å². The highest BCUT2D eigenvalue weighted by Gasteiger charge is 2.21. The molecule has 0 fully saturated rings. The third-order valence-corrected chi connectivity index (χ3v) is 4.69. The number of fused-ring (bicyclic) bond motifs is 1. The van der Waals surface area contributed by atoms with Crippen LogP contribution in [0.2, 0.25) is 0 Å². The molecule has 0 unspecified atom stereocenters. The highest BCUT2D eigenvalue weighted by atomic mass is 32.1. The Kier molecular flexibility index (Phi) is 3.40. The van der Waals surface area contributed by atoms with Gasteiger partial charge >= 0.3 is 0 Å². The Balaban J connectivity index is 1.84. The van der Waals surface area contributed by atoms with Crippen molar-refractivity contribution in [3.8, 4) is 0 Å². The number of rotatable bonds is 4. The van der Waals surface area contributed by atoms with E-state index in [1.54, 1.807) is 17.5 Å². The van der Waals surface area contributed by atoms with E-state index in [2.05, 4.69) is 52.9 Å². The summed E-state index contributed by atoms with van der Waals surface area (Å²) in [6.07, 6.45) is 1.80. The molecular formula is C16H17N3S. The molecule has 0 atom stereocenters. The van der Waals surface area contributed by atoms with Gasteiger partial charge in [-0.3, -0.25) is 0 Å². The smallest absolute Gasteiger partial charge is 0.0950 e. The van der Waals surface area contributed by atoms with E-state index in [0.717, 1.165) is 23.1 Å². The highest BCUT2D eigenvalue weighted by molar-refractivity contribution is 7.10. The molecule has 1 N–H and O–H groups in total. The highest BCUT2D eigenvalue weighted by Crippen LogP contribution is 2.28. The van der Waals surface area contributed by atoms with Gasteiger partial charge < -0.3 is 5.32 Å². The maximum Gasteiger partial charge on any atom is 0.0950 e. The number of aromatic nitrogens is 2. The molecule has 2 heterocycles. The summed E-state index contributed by atoms with van der Waals surface area (Å²) in [5.41, 5.74) is 2.06. The summed E-state index contributed by atoms with van der Waals surface area (Å²) in [6, 6.07) is 12.4. The molecule has 0 saturated heterocycles. The van der Waals surface area contributed by atoms with Crippen molar-refractivity contribution in [2.45, 2.75) is 19.3 Å². The molecule has 3 aromatic rings. The molecule has 0 amide bonds. The van der Waals surface area contributed by atoms with Gasteiger partial charge in [-0.1, -0.05) is 38.1 Å². The second-order valence-electron chi connectivity index (χ2n) is 5.49. The van der Waals surface area contributed by atoms with Crippen LogP contribution in [0.25, 0.3) is 10.9 Å². The van der Waals surface area contributed by atoms with E-state index in [-0.39, 0.29) is 5.41 Å². The lowest BCUT2D eigenvalue weighted by Gasteiger charge is -2.24. The zero-order valence-corrected chi connectivity index (χ0v) is 12.4. The van der Waals surface area contributed by atoms with Crippen LogP contribution in [-0.2, 0) is 5.41 Å². The lowest BCUT2D eigenvalue weighted by molar-refractivity contribution is 0.569. The van der Waals surface area contributed by atoms with Gasteiger partial charge in [-0.2, -0.15) is 10.2 Å². The van der Waals surface area contributed by atoms with E-state index in [0.29, 0.717) is 0 Å². The Labute approximate surface area is 122 Å².